The third kappa shape index (κ3) is 5.71. The van der Waals surface area contributed by atoms with Crippen molar-refractivity contribution < 1.29 is 17.9 Å². The molecule has 8 nitrogen and oxygen atoms in total. The fourth-order valence-electron chi connectivity index (χ4n) is 1.07. The summed E-state index contributed by atoms with van der Waals surface area (Å²) in [7, 11) is -4.17. The molecule has 1 rings (SSSR count). The van der Waals surface area contributed by atoms with Crippen molar-refractivity contribution in [2.75, 3.05) is 4.72 Å². The van der Waals surface area contributed by atoms with Gasteiger partial charge in [-0.3, -0.25) is 0 Å². The van der Waals surface area contributed by atoms with Crippen LogP contribution < -0.4 is 9.44 Å². The van der Waals surface area contributed by atoms with Gasteiger partial charge in [-0.15, -0.1) is 0 Å². The summed E-state index contributed by atoms with van der Waals surface area (Å²) in [5.74, 6) is -0.241. The Morgan fingerprint density at radius 1 is 1.42 bits per heavy atom. The molecule has 0 unspecified atom stereocenters. The molecule has 0 bridgehead atoms. The summed E-state index contributed by atoms with van der Waals surface area (Å²) < 4.78 is 31.4. The fourth-order valence-corrected chi connectivity index (χ4v) is 1.96. The van der Waals surface area contributed by atoms with E-state index < -0.39 is 22.4 Å². The van der Waals surface area contributed by atoms with E-state index in [1.807, 2.05) is 4.72 Å². The van der Waals surface area contributed by atoms with Gasteiger partial charge in [-0.25, -0.2) is 24.2 Å². The van der Waals surface area contributed by atoms with Crippen LogP contribution in [0.5, 0.6) is 0 Å². The summed E-state index contributed by atoms with van der Waals surface area (Å²) >= 11 is 5.66. The average molecular weight is 309 g/mol. The molecule has 1 aromatic heterocycles. The van der Waals surface area contributed by atoms with E-state index in [-0.39, 0.29) is 11.1 Å². The summed E-state index contributed by atoms with van der Waals surface area (Å²) in [6.45, 7) is 4.79. The first-order valence-electron chi connectivity index (χ1n) is 5.20. The predicted octanol–water partition coefficient (Wildman–Crippen LogP) is 1.23. The first-order valence-corrected chi connectivity index (χ1v) is 7.06. The zero-order valence-electron chi connectivity index (χ0n) is 10.5. The van der Waals surface area contributed by atoms with Crippen molar-refractivity contribution in [3.8, 4) is 0 Å². The number of ether oxygens (including phenoxy) is 1. The topological polar surface area (TPSA) is 110 Å². The lowest BCUT2D eigenvalue weighted by Crippen LogP contribution is -2.37. The molecule has 0 aliphatic heterocycles. The zero-order chi connectivity index (χ0) is 14.6. The Morgan fingerprint density at radius 3 is 2.58 bits per heavy atom. The summed E-state index contributed by atoms with van der Waals surface area (Å²) in [6.07, 6.45) is -1.54. The second-order valence-electron chi connectivity index (χ2n) is 3.82. The number of nitrogens with zero attached hydrogens (tertiary/aromatic N) is 2. The number of hydrogen-bond donors (Lipinski definition) is 2. The smallest absolute Gasteiger partial charge is 0.422 e. The van der Waals surface area contributed by atoms with E-state index in [0.29, 0.717) is 5.69 Å². The Kier molecular flexibility index (Phi) is 4.90. The van der Waals surface area contributed by atoms with Crippen molar-refractivity contribution in [1.82, 2.24) is 14.7 Å². The maximum absolute atomic E-state index is 11.6. The molecule has 0 fully saturated rings. The molecule has 106 valence electrons. The van der Waals surface area contributed by atoms with Crippen molar-refractivity contribution in [1.29, 1.82) is 0 Å². The molecule has 0 aromatic carbocycles. The van der Waals surface area contributed by atoms with Gasteiger partial charge in [0, 0.05) is 5.69 Å². The van der Waals surface area contributed by atoms with E-state index >= 15 is 0 Å². The summed E-state index contributed by atoms with van der Waals surface area (Å²) in [5, 5.41) is 0.0787. The number of halogens is 1. The first kappa shape index (κ1) is 15.4. The van der Waals surface area contributed by atoms with Gasteiger partial charge in [0.05, 0.1) is 6.10 Å². The number of amides is 1. The van der Waals surface area contributed by atoms with Gasteiger partial charge in [-0.1, -0.05) is 11.6 Å². The summed E-state index contributed by atoms with van der Waals surface area (Å²) in [6, 6.07) is 1.46. The highest BCUT2D eigenvalue weighted by atomic mass is 35.5. The molecule has 0 aliphatic carbocycles. The number of anilines is 1. The average Bonchev–Trinajstić information content (AvgIpc) is 2.10. The van der Waals surface area contributed by atoms with E-state index in [0.717, 1.165) is 0 Å². The minimum absolute atomic E-state index is 0.0787. The Hall–Kier alpha value is -1.61. The van der Waals surface area contributed by atoms with Crippen LogP contribution in [0.15, 0.2) is 6.07 Å². The highest BCUT2D eigenvalue weighted by Crippen LogP contribution is 2.10. The molecule has 2 N–H and O–H groups in total. The van der Waals surface area contributed by atoms with Crippen LogP contribution in [0, 0.1) is 6.92 Å². The molecule has 1 amide bonds. The maximum Gasteiger partial charge on any atom is 0.422 e. The Balaban J connectivity index is 2.76. The number of nitrogens with one attached hydrogen (secondary N) is 2. The third-order valence-electron chi connectivity index (χ3n) is 1.61. The lowest BCUT2D eigenvalue weighted by Gasteiger charge is -2.10. The molecular formula is C9H13ClN4O4S. The predicted molar refractivity (Wildman–Crippen MR) is 69.1 cm³/mol. The monoisotopic (exact) mass is 308 g/mol. The Morgan fingerprint density at radius 2 is 2.05 bits per heavy atom. The van der Waals surface area contributed by atoms with Crippen LogP contribution in [0.3, 0.4) is 0 Å². The molecule has 1 heterocycles. The standard InChI is InChI=1S/C9H13ClN4O4S/c1-5(2)18-9(15)14-19(16,17)13-8-11-6(3)4-7(10)12-8/h4-5H,1-3H3,(H,14,15)(H,11,12,13). The molecule has 1 aromatic rings. The van der Waals surface area contributed by atoms with Crippen LogP contribution >= 0.6 is 11.6 Å². The van der Waals surface area contributed by atoms with Crippen molar-refractivity contribution in [3.63, 3.8) is 0 Å². The van der Waals surface area contributed by atoms with Gasteiger partial charge in [-0.2, -0.15) is 8.42 Å². The molecule has 19 heavy (non-hydrogen) atoms. The molecule has 0 radical (unpaired) electrons. The third-order valence-corrected chi connectivity index (χ3v) is 2.69. The lowest BCUT2D eigenvalue weighted by atomic mass is 10.5. The molecule has 0 aliphatic rings. The van der Waals surface area contributed by atoms with E-state index in [4.69, 9.17) is 11.6 Å². The van der Waals surface area contributed by atoms with Crippen LogP contribution in [0.2, 0.25) is 5.15 Å². The van der Waals surface area contributed by atoms with E-state index in [9.17, 15) is 13.2 Å². The SMILES string of the molecule is Cc1cc(Cl)nc(NS(=O)(=O)NC(=O)OC(C)C)n1. The molecule has 0 saturated heterocycles. The zero-order valence-corrected chi connectivity index (χ0v) is 12.0. The molecule has 0 saturated carbocycles. The second-order valence-corrected chi connectivity index (χ2v) is 5.62. The van der Waals surface area contributed by atoms with E-state index in [1.54, 1.807) is 25.5 Å². The minimum atomic E-state index is -4.17. The Labute approximate surface area is 115 Å². The van der Waals surface area contributed by atoms with Crippen molar-refractivity contribution >= 4 is 33.9 Å². The highest BCUT2D eigenvalue weighted by molar-refractivity contribution is 7.91. The van der Waals surface area contributed by atoms with Gasteiger partial charge < -0.3 is 4.74 Å². The van der Waals surface area contributed by atoms with Gasteiger partial charge in [0.15, 0.2) is 0 Å². The largest absolute Gasteiger partial charge is 0.446 e. The first-order chi connectivity index (χ1) is 8.68. The van der Waals surface area contributed by atoms with Crippen LogP contribution in [0.25, 0.3) is 0 Å². The number of hydrogen-bond acceptors (Lipinski definition) is 6. The van der Waals surface area contributed by atoms with Gasteiger partial charge in [0.25, 0.3) is 0 Å². The maximum atomic E-state index is 11.6. The number of aryl methyl sites for hydroxylation is 1. The summed E-state index contributed by atoms with van der Waals surface area (Å²) in [5.41, 5.74) is 0.474. The molecule has 0 atom stereocenters. The molecular weight excluding hydrogens is 296 g/mol. The molecule has 0 spiro atoms. The highest BCUT2D eigenvalue weighted by Gasteiger charge is 2.17. The van der Waals surface area contributed by atoms with Crippen molar-refractivity contribution in [3.05, 3.63) is 16.9 Å². The van der Waals surface area contributed by atoms with Crippen LogP contribution in [0.1, 0.15) is 19.5 Å². The van der Waals surface area contributed by atoms with E-state index in [1.165, 1.54) is 6.07 Å². The second kappa shape index (κ2) is 6.02. The van der Waals surface area contributed by atoms with Crippen LogP contribution in [-0.2, 0) is 14.9 Å². The quantitative estimate of drug-likeness (QED) is 0.809. The lowest BCUT2D eigenvalue weighted by molar-refractivity contribution is 0.121. The normalized spacial score (nSPS) is 11.2. The number of rotatable bonds is 4. The number of aromatic nitrogens is 2. The van der Waals surface area contributed by atoms with Gasteiger partial charge in [0.1, 0.15) is 5.15 Å². The number of carbonyl (C=O) groups is 1. The van der Waals surface area contributed by atoms with Crippen molar-refractivity contribution in [2.24, 2.45) is 0 Å². The van der Waals surface area contributed by atoms with Gasteiger partial charge in [-0.05, 0) is 26.8 Å². The molecule has 10 heteroatoms. The Bertz CT molecular complexity index is 555. The van der Waals surface area contributed by atoms with E-state index in [2.05, 4.69) is 14.7 Å². The van der Waals surface area contributed by atoms with Crippen LogP contribution in [0.4, 0.5) is 10.7 Å². The summed E-state index contributed by atoms with van der Waals surface area (Å²) in [4.78, 5) is 18.6. The fraction of sp³-hybridized carbons (Fsp3) is 0.444. The number of carbonyl (C=O) groups excluding carboxylic acids is 1. The minimum Gasteiger partial charge on any atom is -0.446 e. The van der Waals surface area contributed by atoms with Crippen molar-refractivity contribution in [2.45, 2.75) is 26.9 Å². The van der Waals surface area contributed by atoms with Crippen LogP contribution in [-0.4, -0.2) is 30.6 Å². The van der Waals surface area contributed by atoms with Gasteiger partial charge in [0.2, 0.25) is 5.95 Å². The van der Waals surface area contributed by atoms with Gasteiger partial charge >= 0.3 is 16.3 Å².